The molecule has 0 atom stereocenters. The van der Waals surface area contributed by atoms with Crippen molar-refractivity contribution in [2.45, 2.75) is 79.4 Å². The second kappa shape index (κ2) is 18.0. The molecule has 0 aliphatic carbocycles. The van der Waals surface area contributed by atoms with Gasteiger partial charge in [-0.25, -0.2) is 9.37 Å². The number of furan rings is 1. The van der Waals surface area contributed by atoms with Crippen LogP contribution in [-0.2, 0) is 26.5 Å². The van der Waals surface area contributed by atoms with Gasteiger partial charge in [-0.2, -0.15) is 0 Å². The molecule has 8 heteroatoms. The van der Waals surface area contributed by atoms with Crippen LogP contribution in [0.15, 0.2) is 132 Å². The predicted octanol–water partition coefficient (Wildman–Crippen LogP) is 14.8. The molecule has 0 unspecified atom stereocenters. The van der Waals surface area contributed by atoms with E-state index in [4.69, 9.17) is 14.4 Å². The minimum Gasteiger partial charge on any atom is -0.486 e. The van der Waals surface area contributed by atoms with Crippen LogP contribution in [-0.4, -0.2) is 27.6 Å². The SMILES string of the molecule is CC(C)Cc1cc(-c2[c-]cccc2)ncc1[Si](C)(C)C.CC(C)c1cccc(C(C)C)c1-n1c(-c2[c-]ccc3c2oc2nc4ccc(F)cc4cc23)nc2cc3ccccc3cc21.[Ir]. The summed E-state index contributed by atoms with van der Waals surface area (Å²) >= 11 is 0. The van der Waals surface area contributed by atoms with Gasteiger partial charge in [0, 0.05) is 42.8 Å². The molecule has 0 N–H and O–H groups in total. The molecular weight excluding hydrogens is 984 g/mol. The van der Waals surface area contributed by atoms with E-state index in [1.807, 2.05) is 36.4 Å². The van der Waals surface area contributed by atoms with Crippen molar-refractivity contribution < 1.29 is 28.9 Å². The normalized spacial score (nSPS) is 12.0. The summed E-state index contributed by atoms with van der Waals surface area (Å²) in [6.45, 7) is 20.7. The first-order valence-corrected chi connectivity index (χ1v) is 25.6. The molecule has 6 aromatic carbocycles. The maximum absolute atomic E-state index is 14.1. The number of fused-ring (bicyclic) bond motifs is 6. The Morgan fingerprint density at radius 3 is 2.08 bits per heavy atom. The Hall–Kier alpha value is -5.79. The first kappa shape index (κ1) is 44.8. The zero-order chi connectivity index (χ0) is 44.2. The van der Waals surface area contributed by atoms with E-state index in [-0.39, 0.29) is 25.9 Å². The van der Waals surface area contributed by atoms with Crippen LogP contribution in [0.4, 0.5) is 4.39 Å². The van der Waals surface area contributed by atoms with E-state index >= 15 is 0 Å². The zero-order valence-corrected chi connectivity index (χ0v) is 41.4. The average Bonchev–Trinajstić information content (AvgIpc) is 3.81. The Morgan fingerprint density at radius 1 is 0.688 bits per heavy atom. The van der Waals surface area contributed by atoms with Gasteiger partial charge in [0.2, 0.25) is 5.71 Å². The molecule has 0 saturated carbocycles. The van der Waals surface area contributed by atoms with Crippen LogP contribution in [0.25, 0.3) is 83.1 Å². The molecule has 10 aromatic rings. The van der Waals surface area contributed by atoms with Crippen LogP contribution in [0.5, 0.6) is 0 Å². The van der Waals surface area contributed by atoms with Crippen LogP contribution in [0.2, 0.25) is 19.6 Å². The summed E-state index contributed by atoms with van der Waals surface area (Å²) in [6.07, 6.45) is 3.24. The third-order valence-corrected chi connectivity index (χ3v) is 14.0. The smallest absolute Gasteiger partial charge is 0.216 e. The van der Waals surface area contributed by atoms with Crippen molar-refractivity contribution in [3.05, 3.63) is 162 Å². The molecule has 4 heterocycles. The summed E-state index contributed by atoms with van der Waals surface area (Å²) < 4.78 is 22.9. The minimum absolute atomic E-state index is 0. The molecule has 0 aliphatic heterocycles. The first-order valence-electron chi connectivity index (χ1n) is 22.1. The second-order valence-corrected chi connectivity index (χ2v) is 23.8. The molecule has 0 spiro atoms. The minimum atomic E-state index is -1.34. The summed E-state index contributed by atoms with van der Waals surface area (Å²) in [4.78, 5) is 14.7. The Morgan fingerprint density at radius 2 is 1.41 bits per heavy atom. The van der Waals surface area contributed by atoms with Crippen LogP contribution >= 0.6 is 0 Å². The van der Waals surface area contributed by atoms with Gasteiger partial charge >= 0.3 is 0 Å². The van der Waals surface area contributed by atoms with Gasteiger partial charge in [0.15, 0.2) is 0 Å². The summed E-state index contributed by atoms with van der Waals surface area (Å²) in [5.41, 5.74) is 11.8. The van der Waals surface area contributed by atoms with Gasteiger partial charge in [-0.15, -0.1) is 54.1 Å². The number of rotatable bonds is 8. The summed E-state index contributed by atoms with van der Waals surface area (Å²) in [7, 11) is -1.34. The Labute approximate surface area is 390 Å². The van der Waals surface area contributed by atoms with Crippen LogP contribution in [0.1, 0.15) is 70.1 Å². The molecule has 0 fully saturated rings. The maximum atomic E-state index is 14.1. The van der Waals surface area contributed by atoms with E-state index in [1.54, 1.807) is 6.07 Å². The van der Waals surface area contributed by atoms with Crippen molar-refractivity contribution in [1.82, 2.24) is 19.5 Å². The quantitative estimate of drug-likeness (QED) is 0.112. The van der Waals surface area contributed by atoms with Gasteiger partial charge in [0.25, 0.3) is 0 Å². The van der Waals surface area contributed by atoms with Crippen molar-refractivity contribution in [1.29, 1.82) is 0 Å². The van der Waals surface area contributed by atoms with Gasteiger partial charge in [0.05, 0.1) is 36.0 Å². The number of imidazole rings is 1. The van der Waals surface area contributed by atoms with Gasteiger partial charge < -0.3 is 14.0 Å². The summed E-state index contributed by atoms with van der Waals surface area (Å²) in [5, 5.41) is 6.25. The molecule has 10 rings (SSSR count). The molecule has 0 aliphatic rings. The molecule has 0 saturated heterocycles. The fourth-order valence-corrected chi connectivity index (χ4v) is 10.5. The molecule has 1 radical (unpaired) electrons. The first-order chi connectivity index (χ1) is 30.2. The third kappa shape index (κ3) is 8.59. The summed E-state index contributed by atoms with van der Waals surface area (Å²) in [5.74, 6) is 1.73. The van der Waals surface area contributed by atoms with Gasteiger partial charge in [-0.05, 0) is 93.4 Å². The molecule has 0 amide bonds. The molecule has 5 nitrogen and oxygen atoms in total. The predicted molar refractivity (Wildman–Crippen MR) is 264 cm³/mol. The van der Waals surface area contributed by atoms with Crippen LogP contribution in [0, 0.1) is 23.9 Å². The van der Waals surface area contributed by atoms with Crippen molar-refractivity contribution in [3.63, 3.8) is 0 Å². The van der Waals surface area contributed by atoms with E-state index in [0.717, 1.165) is 72.7 Å². The van der Waals surface area contributed by atoms with Gasteiger partial charge in [-0.3, -0.25) is 4.98 Å². The molecule has 64 heavy (non-hydrogen) atoms. The number of halogens is 1. The zero-order valence-electron chi connectivity index (χ0n) is 38.0. The number of benzene rings is 6. The second-order valence-electron chi connectivity index (χ2n) is 18.8. The van der Waals surface area contributed by atoms with Crippen molar-refractivity contribution in [3.8, 4) is 28.3 Å². The molecule has 0 bridgehead atoms. The fraction of sp³-hybridized carbons (Fsp3) is 0.232. The third-order valence-electron chi connectivity index (χ3n) is 11.9. The van der Waals surface area contributed by atoms with E-state index in [0.29, 0.717) is 34.6 Å². The number of hydrogen-bond donors (Lipinski definition) is 0. The molecule has 325 valence electrons. The largest absolute Gasteiger partial charge is 0.486 e. The fourth-order valence-electron chi connectivity index (χ4n) is 8.87. The number of aromatic nitrogens is 4. The molecule has 4 aromatic heterocycles. The van der Waals surface area contributed by atoms with Gasteiger partial charge in [-0.1, -0.05) is 126 Å². The number of para-hydroxylation sites is 1. The van der Waals surface area contributed by atoms with Crippen molar-refractivity contribution >= 4 is 68.0 Å². The standard InChI is InChI=1S/C38H29FN3O.C18H24NSi.Ir/c1-21(2)27-11-7-12-28(22(3)4)35(27)42-34-20-24-10-6-5-9-23(24)19-33(34)40-37(42)30-14-8-13-29-31-18-25-17-26(39)15-16-32(25)41-38(31)43-36(29)30;1-14(2)11-16-12-17(15-9-7-6-8-10-15)19-13-18(16)20(3,4)5;/h5-13,15-22H,1-4H3;6-9,12-14H,11H2,1-5H3;/q2*-1;. The van der Waals surface area contributed by atoms with E-state index < -0.39 is 8.07 Å². The number of nitrogens with zero attached hydrogens (tertiary/aromatic N) is 4. The Bertz CT molecular complexity index is 3280. The topological polar surface area (TPSA) is 56.7 Å². The van der Waals surface area contributed by atoms with Gasteiger partial charge in [0.1, 0.15) is 5.82 Å². The van der Waals surface area contributed by atoms with E-state index in [1.165, 1.54) is 34.0 Å². The Kier molecular flexibility index (Phi) is 12.6. The van der Waals surface area contributed by atoms with Crippen molar-refractivity contribution in [2.75, 3.05) is 0 Å². The average molecular weight is 1040 g/mol. The van der Waals surface area contributed by atoms with Crippen LogP contribution in [0.3, 0.4) is 0 Å². The summed E-state index contributed by atoms with van der Waals surface area (Å²) in [6, 6.07) is 47.0. The Balaban J connectivity index is 0.000000225. The maximum Gasteiger partial charge on any atom is 0.216 e. The van der Waals surface area contributed by atoms with Crippen molar-refractivity contribution in [2.24, 2.45) is 5.92 Å². The monoisotopic (exact) mass is 1040 g/mol. The van der Waals surface area contributed by atoms with E-state index in [9.17, 15) is 4.39 Å². The van der Waals surface area contributed by atoms with E-state index in [2.05, 4.69) is 156 Å². The number of pyridine rings is 2. The number of hydrogen-bond acceptors (Lipinski definition) is 4. The van der Waals surface area contributed by atoms with Crippen LogP contribution < -0.4 is 5.19 Å². The molecular formula is C56H53FIrN4OSi-2.